The van der Waals surface area contributed by atoms with E-state index in [2.05, 4.69) is 6.58 Å². The lowest BCUT2D eigenvalue weighted by Crippen LogP contribution is -2.42. The predicted octanol–water partition coefficient (Wildman–Crippen LogP) is 3.61. The van der Waals surface area contributed by atoms with Gasteiger partial charge in [-0.25, -0.2) is 4.39 Å². The summed E-state index contributed by atoms with van der Waals surface area (Å²) in [5.74, 6) is 0.637. The summed E-state index contributed by atoms with van der Waals surface area (Å²) in [6.07, 6.45) is 1.36. The Morgan fingerprint density at radius 2 is 2.07 bits per heavy atom. The van der Waals surface area contributed by atoms with Gasteiger partial charge in [0.1, 0.15) is 18.5 Å². The average Bonchev–Trinajstić information content (AvgIpc) is 2.72. The van der Waals surface area contributed by atoms with E-state index in [1.54, 1.807) is 41.3 Å². The molecule has 3 rings (SSSR count). The Morgan fingerprint density at radius 1 is 1.30 bits per heavy atom. The van der Waals surface area contributed by atoms with E-state index in [0.29, 0.717) is 43.4 Å². The van der Waals surface area contributed by atoms with Gasteiger partial charge in [-0.05, 0) is 35.9 Å². The van der Waals surface area contributed by atoms with E-state index in [-0.39, 0.29) is 17.8 Å². The number of carbonyl (C=O) groups is 1. The van der Waals surface area contributed by atoms with Gasteiger partial charge in [-0.3, -0.25) is 4.79 Å². The number of amides is 1. The predicted molar refractivity (Wildman–Crippen MR) is 99.7 cm³/mol. The average molecular weight is 371 g/mol. The summed E-state index contributed by atoms with van der Waals surface area (Å²) in [7, 11) is 1.53. The lowest BCUT2D eigenvalue weighted by Gasteiger charge is -2.33. The zero-order valence-corrected chi connectivity index (χ0v) is 15.2. The molecule has 1 fully saturated rings. The minimum absolute atomic E-state index is 0.112. The highest BCUT2D eigenvalue weighted by Gasteiger charge is 2.26. The van der Waals surface area contributed by atoms with Gasteiger partial charge in [0.15, 0.2) is 11.5 Å². The summed E-state index contributed by atoms with van der Waals surface area (Å²) in [5.41, 5.74) is 1.36. The fourth-order valence-corrected chi connectivity index (χ4v) is 2.96. The first-order chi connectivity index (χ1) is 13.1. The molecule has 1 unspecified atom stereocenters. The molecule has 0 aliphatic carbocycles. The van der Waals surface area contributed by atoms with Gasteiger partial charge >= 0.3 is 0 Å². The van der Waals surface area contributed by atoms with Crippen molar-refractivity contribution in [3.8, 4) is 11.5 Å². The van der Waals surface area contributed by atoms with Crippen LogP contribution in [0.5, 0.6) is 11.5 Å². The Bertz CT molecular complexity index is 806. The van der Waals surface area contributed by atoms with Crippen molar-refractivity contribution >= 4 is 5.91 Å². The number of carbonyl (C=O) groups excluding carboxylic acids is 1. The number of hydrogen-bond acceptors (Lipinski definition) is 4. The SMILES string of the molecule is C=CCOc1ccc(C(=O)N2CCOC(c3ccc(F)cc3)C2)cc1OC. The maximum atomic E-state index is 13.1. The Morgan fingerprint density at radius 3 is 2.78 bits per heavy atom. The molecule has 2 aromatic rings. The maximum Gasteiger partial charge on any atom is 0.254 e. The van der Waals surface area contributed by atoms with Crippen molar-refractivity contribution in [3.05, 3.63) is 72.1 Å². The third-order valence-corrected chi connectivity index (χ3v) is 4.36. The van der Waals surface area contributed by atoms with Crippen molar-refractivity contribution in [1.29, 1.82) is 0 Å². The smallest absolute Gasteiger partial charge is 0.254 e. The molecule has 1 atom stereocenters. The van der Waals surface area contributed by atoms with Gasteiger partial charge < -0.3 is 19.1 Å². The van der Waals surface area contributed by atoms with Crippen LogP contribution in [0.1, 0.15) is 22.0 Å². The molecular formula is C21H22FNO4. The van der Waals surface area contributed by atoms with E-state index in [1.165, 1.54) is 19.2 Å². The van der Waals surface area contributed by atoms with E-state index < -0.39 is 0 Å². The highest BCUT2D eigenvalue weighted by atomic mass is 19.1. The van der Waals surface area contributed by atoms with Crippen LogP contribution in [0.3, 0.4) is 0 Å². The molecule has 0 bridgehead atoms. The summed E-state index contributed by atoms with van der Waals surface area (Å²) in [4.78, 5) is 14.7. The number of morpholine rings is 1. The molecule has 0 N–H and O–H groups in total. The molecule has 1 amide bonds. The molecule has 2 aromatic carbocycles. The molecule has 0 aromatic heterocycles. The number of halogens is 1. The van der Waals surface area contributed by atoms with Crippen LogP contribution in [-0.2, 0) is 4.74 Å². The summed E-state index contributed by atoms with van der Waals surface area (Å²) in [6.45, 7) is 5.29. The van der Waals surface area contributed by atoms with Gasteiger partial charge in [0.05, 0.1) is 20.3 Å². The molecule has 0 saturated carbocycles. The second kappa shape index (κ2) is 8.68. The van der Waals surface area contributed by atoms with Crippen molar-refractivity contribution in [2.24, 2.45) is 0 Å². The van der Waals surface area contributed by atoms with Gasteiger partial charge in [-0.15, -0.1) is 0 Å². The number of benzene rings is 2. The number of rotatable bonds is 6. The van der Waals surface area contributed by atoms with Crippen molar-refractivity contribution < 1.29 is 23.4 Å². The molecular weight excluding hydrogens is 349 g/mol. The van der Waals surface area contributed by atoms with E-state index in [4.69, 9.17) is 14.2 Å². The summed E-state index contributed by atoms with van der Waals surface area (Å²) in [6, 6.07) is 11.3. The molecule has 1 aliphatic heterocycles. The van der Waals surface area contributed by atoms with Gasteiger partial charge in [0.2, 0.25) is 0 Å². The van der Waals surface area contributed by atoms with Gasteiger partial charge in [0.25, 0.3) is 5.91 Å². The number of methoxy groups -OCH3 is 1. The quantitative estimate of drug-likeness (QED) is 0.728. The van der Waals surface area contributed by atoms with Crippen molar-refractivity contribution in [2.75, 3.05) is 33.4 Å². The first-order valence-corrected chi connectivity index (χ1v) is 8.70. The van der Waals surface area contributed by atoms with Gasteiger partial charge in [0, 0.05) is 12.1 Å². The molecule has 5 nitrogen and oxygen atoms in total. The van der Waals surface area contributed by atoms with Crippen LogP contribution in [0.4, 0.5) is 4.39 Å². The van der Waals surface area contributed by atoms with Crippen molar-refractivity contribution in [2.45, 2.75) is 6.10 Å². The van der Waals surface area contributed by atoms with Crippen LogP contribution >= 0.6 is 0 Å². The third kappa shape index (κ3) is 4.46. The highest BCUT2D eigenvalue weighted by Crippen LogP contribution is 2.30. The van der Waals surface area contributed by atoms with Crippen LogP contribution < -0.4 is 9.47 Å². The zero-order valence-electron chi connectivity index (χ0n) is 15.2. The Hall–Kier alpha value is -2.86. The normalized spacial score (nSPS) is 16.7. The van der Waals surface area contributed by atoms with Crippen LogP contribution in [0.25, 0.3) is 0 Å². The van der Waals surface area contributed by atoms with Crippen LogP contribution in [0.2, 0.25) is 0 Å². The minimum Gasteiger partial charge on any atom is -0.493 e. The molecule has 1 aliphatic rings. The molecule has 0 spiro atoms. The fourth-order valence-electron chi connectivity index (χ4n) is 2.96. The summed E-state index contributed by atoms with van der Waals surface area (Å²) >= 11 is 0. The molecule has 1 heterocycles. The molecule has 0 radical (unpaired) electrons. The second-order valence-corrected chi connectivity index (χ2v) is 6.13. The van der Waals surface area contributed by atoms with E-state index >= 15 is 0 Å². The van der Waals surface area contributed by atoms with Crippen LogP contribution in [0.15, 0.2) is 55.1 Å². The van der Waals surface area contributed by atoms with Gasteiger partial charge in [-0.2, -0.15) is 0 Å². The number of nitrogens with zero attached hydrogens (tertiary/aromatic N) is 1. The summed E-state index contributed by atoms with van der Waals surface area (Å²) in [5, 5.41) is 0. The lowest BCUT2D eigenvalue weighted by atomic mass is 10.1. The standard InChI is InChI=1S/C21H22FNO4/c1-3-11-26-18-9-6-16(13-19(18)25-2)21(24)23-10-12-27-20(14-23)15-4-7-17(22)8-5-15/h3-9,13,20H,1,10-12,14H2,2H3. The summed E-state index contributed by atoms with van der Waals surface area (Å²) < 4.78 is 29.7. The Kier molecular flexibility index (Phi) is 6.08. The molecule has 1 saturated heterocycles. The molecule has 142 valence electrons. The zero-order chi connectivity index (χ0) is 19.2. The van der Waals surface area contributed by atoms with E-state index in [0.717, 1.165) is 5.56 Å². The lowest BCUT2D eigenvalue weighted by molar-refractivity contribution is -0.0228. The van der Waals surface area contributed by atoms with Crippen molar-refractivity contribution in [3.63, 3.8) is 0 Å². The fraction of sp³-hybridized carbons (Fsp3) is 0.286. The van der Waals surface area contributed by atoms with E-state index in [9.17, 15) is 9.18 Å². The Labute approximate surface area is 158 Å². The maximum absolute atomic E-state index is 13.1. The van der Waals surface area contributed by atoms with Crippen LogP contribution in [-0.4, -0.2) is 44.2 Å². The first-order valence-electron chi connectivity index (χ1n) is 8.70. The molecule has 27 heavy (non-hydrogen) atoms. The number of hydrogen-bond donors (Lipinski definition) is 0. The monoisotopic (exact) mass is 371 g/mol. The third-order valence-electron chi connectivity index (χ3n) is 4.36. The van der Waals surface area contributed by atoms with Crippen molar-refractivity contribution in [1.82, 2.24) is 4.90 Å². The van der Waals surface area contributed by atoms with E-state index in [1.807, 2.05) is 0 Å². The Balaban J connectivity index is 1.74. The second-order valence-electron chi connectivity index (χ2n) is 6.13. The molecule has 6 heteroatoms. The van der Waals surface area contributed by atoms with Crippen LogP contribution in [0, 0.1) is 5.82 Å². The minimum atomic E-state index is -0.298. The van der Waals surface area contributed by atoms with Gasteiger partial charge in [-0.1, -0.05) is 24.8 Å². The topological polar surface area (TPSA) is 48.0 Å². The first kappa shape index (κ1) is 18.9. The highest BCUT2D eigenvalue weighted by molar-refractivity contribution is 5.95. The largest absolute Gasteiger partial charge is 0.493 e. The number of ether oxygens (including phenoxy) is 3.